The molecule has 2 atom stereocenters. The van der Waals surface area contributed by atoms with Crippen molar-refractivity contribution < 1.29 is 9.59 Å². The van der Waals surface area contributed by atoms with E-state index in [-0.39, 0.29) is 17.9 Å². The van der Waals surface area contributed by atoms with Crippen LogP contribution in [0, 0.1) is 5.92 Å². The normalized spacial score (nSPS) is 27.7. The Labute approximate surface area is 163 Å². The fraction of sp³-hybridized carbons (Fsp3) is 0.900. The Balaban J connectivity index is 1.34. The molecule has 3 aliphatic rings. The third-order valence-corrected chi connectivity index (χ3v) is 6.37. The van der Waals surface area contributed by atoms with Gasteiger partial charge in [-0.1, -0.05) is 6.92 Å². The van der Waals surface area contributed by atoms with Gasteiger partial charge in [-0.3, -0.25) is 9.59 Å². The predicted molar refractivity (Wildman–Crippen MR) is 107 cm³/mol. The highest BCUT2D eigenvalue weighted by atomic mass is 16.2. The van der Waals surface area contributed by atoms with Crippen LogP contribution in [0.25, 0.3) is 0 Å². The van der Waals surface area contributed by atoms with E-state index in [1.807, 2.05) is 4.90 Å². The van der Waals surface area contributed by atoms with E-state index in [0.717, 1.165) is 84.6 Å². The van der Waals surface area contributed by atoms with Crippen LogP contribution in [0.15, 0.2) is 0 Å². The maximum Gasteiger partial charge on any atom is 0.237 e. The van der Waals surface area contributed by atoms with Crippen LogP contribution in [0.1, 0.15) is 39.0 Å². The topological polar surface area (TPSA) is 67.9 Å². The Bertz CT molecular complexity index is 487. The Kier molecular flexibility index (Phi) is 7.91. The zero-order chi connectivity index (χ0) is 19.1. The largest absolute Gasteiger partial charge is 0.354 e. The molecule has 2 N–H and O–H groups in total. The number of carbonyl (C=O) groups is 2. The molecule has 7 nitrogen and oxygen atoms in total. The fourth-order valence-electron chi connectivity index (χ4n) is 4.48. The van der Waals surface area contributed by atoms with E-state index < -0.39 is 0 Å². The van der Waals surface area contributed by atoms with Gasteiger partial charge >= 0.3 is 0 Å². The van der Waals surface area contributed by atoms with Crippen molar-refractivity contribution in [2.24, 2.45) is 5.92 Å². The average molecular weight is 380 g/mol. The number of likely N-dealkylation sites (tertiary alicyclic amines) is 1. The van der Waals surface area contributed by atoms with Gasteiger partial charge in [-0.25, -0.2) is 0 Å². The van der Waals surface area contributed by atoms with Crippen LogP contribution in [0.4, 0.5) is 0 Å². The zero-order valence-corrected chi connectivity index (χ0v) is 16.9. The minimum absolute atomic E-state index is 0.0144. The molecule has 0 aliphatic carbocycles. The molecule has 0 bridgehead atoms. The standard InChI is InChI=1S/C20H37N5O2/c1-2-23-11-13-24(14-12-23)10-7-19(26)25-9-4-5-17(16-25)15-22-20(27)18-6-3-8-21-18/h17-18,21H,2-16H2,1H3,(H,22,27). The highest BCUT2D eigenvalue weighted by Gasteiger charge is 2.26. The molecule has 3 fully saturated rings. The molecule has 0 aromatic carbocycles. The van der Waals surface area contributed by atoms with Gasteiger partial charge in [-0.15, -0.1) is 0 Å². The molecule has 0 aromatic heterocycles. The number of rotatable bonds is 7. The lowest BCUT2D eigenvalue weighted by atomic mass is 9.97. The number of amides is 2. The smallest absolute Gasteiger partial charge is 0.237 e. The molecule has 3 aliphatic heterocycles. The third kappa shape index (κ3) is 6.16. The van der Waals surface area contributed by atoms with Crippen LogP contribution in [0.5, 0.6) is 0 Å². The van der Waals surface area contributed by atoms with Crippen molar-refractivity contribution in [3.63, 3.8) is 0 Å². The van der Waals surface area contributed by atoms with Gasteiger partial charge in [-0.05, 0) is 44.7 Å². The number of nitrogens with zero attached hydrogens (tertiary/aromatic N) is 3. The Hall–Kier alpha value is -1.18. The van der Waals surface area contributed by atoms with E-state index in [9.17, 15) is 9.59 Å². The van der Waals surface area contributed by atoms with Crippen molar-refractivity contribution in [2.75, 3.05) is 65.4 Å². The quantitative estimate of drug-likeness (QED) is 0.658. The molecule has 154 valence electrons. The minimum Gasteiger partial charge on any atom is -0.354 e. The molecule has 0 spiro atoms. The zero-order valence-electron chi connectivity index (χ0n) is 16.9. The van der Waals surface area contributed by atoms with Gasteiger partial charge in [-0.2, -0.15) is 0 Å². The van der Waals surface area contributed by atoms with Crippen LogP contribution < -0.4 is 10.6 Å². The first-order valence-corrected chi connectivity index (χ1v) is 10.9. The molecule has 0 radical (unpaired) electrons. The summed E-state index contributed by atoms with van der Waals surface area (Å²) in [6, 6.07) is -0.0144. The number of nitrogens with one attached hydrogen (secondary N) is 2. The van der Waals surface area contributed by atoms with Gasteiger partial charge in [0.1, 0.15) is 0 Å². The molecule has 3 saturated heterocycles. The summed E-state index contributed by atoms with van der Waals surface area (Å²) in [6.07, 6.45) is 4.78. The van der Waals surface area contributed by atoms with Crippen LogP contribution in [-0.2, 0) is 9.59 Å². The summed E-state index contributed by atoms with van der Waals surface area (Å²) in [5, 5.41) is 6.34. The number of piperazine rings is 1. The summed E-state index contributed by atoms with van der Waals surface area (Å²) in [7, 11) is 0. The molecular formula is C20H37N5O2. The SMILES string of the molecule is CCN1CCN(CCC(=O)N2CCCC(CNC(=O)C3CCCN3)C2)CC1. The Morgan fingerprint density at radius 3 is 2.52 bits per heavy atom. The summed E-state index contributed by atoms with van der Waals surface area (Å²) >= 11 is 0. The van der Waals surface area contributed by atoms with Crippen molar-refractivity contribution in [3.8, 4) is 0 Å². The summed E-state index contributed by atoms with van der Waals surface area (Å²) < 4.78 is 0. The molecule has 2 unspecified atom stereocenters. The predicted octanol–water partition coefficient (Wildman–Crippen LogP) is 0.121. The molecule has 3 heterocycles. The molecule has 2 amide bonds. The van der Waals surface area contributed by atoms with Crippen LogP contribution in [0.3, 0.4) is 0 Å². The third-order valence-electron chi connectivity index (χ3n) is 6.37. The van der Waals surface area contributed by atoms with E-state index in [0.29, 0.717) is 18.9 Å². The van der Waals surface area contributed by atoms with Gasteiger partial charge < -0.3 is 25.3 Å². The maximum atomic E-state index is 12.6. The highest BCUT2D eigenvalue weighted by Crippen LogP contribution is 2.17. The first kappa shape index (κ1) is 20.6. The number of carbonyl (C=O) groups excluding carboxylic acids is 2. The molecule has 0 aromatic rings. The second-order valence-corrected chi connectivity index (χ2v) is 8.27. The highest BCUT2D eigenvalue weighted by molar-refractivity contribution is 5.82. The van der Waals surface area contributed by atoms with Gasteiger partial charge in [0.15, 0.2) is 0 Å². The van der Waals surface area contributed by atoms with Crippen LogP contribution >= 0.6 is 0 Å². The van der Waals surface area contributed by atoms with E-state index in [1.54, 1.807) is 0 Å². The first-order valence-electron chi connectivity index (χ1n) is 10.9. The second-order valence-electron chi connectivity index (χ2n) is 8.27. The van der Waals surface area contributed by atoms with Gasteiger partial charge in [0.05, 0.1) is 6.04 Å². The molecular weight excluding hydrogens is 342 g/mol. The van der Waals surface area contributed by atoms with E-state index in [4.69, 9.17) is 0 Å². The summed E-state index contributed by atoms with van der Waals surface area (Å²) in [5.74, 6) is 0.796. The van der Waals surface area contributed by atoms with Crippen molar-refractivity contribution >= 4 is 11.8 Å². The lowest BCUT2D eigenvalue weighted by Gasteiger charge is -2.35. The van der Waals surface area contributed by atoms with Crippen LogP contribution in [-0.4, -0.2) is 98.0 Å². The Morgan fingerprint density at radius 2 is 1.81 bits per heavy atom. The van der Waals surface area contributed by atoms with E-state index in [2.05, 4.69) is 27.4 Å². The fourth-order valence-corrected chi connectivity index (χ4v) is 4.48. The molecule has 0 saturated carbocycles. The summed E-state index contributed by atoms with van der Waals surface area (Å²) in [4.78, 5) is 31.7. The van der Waals surface area contributed by atoms with Gasteiger partial charge in [0.2, 0.25) is 11.8 Å². The molecule has 7 heteroatoms. The Morgan fingerprint density at radius 1 is 1.04 bits per heavy atom. The number of piperidine rings is 1. The number of hydrogen-bond donors (Lipinski definition) is 2. The number of hydrogen-bond acceptors (Lipinski definition) is 5. The van der Waals surface area contributed by atoms with E-state index >= 15 is 0 Å². The summed E-state index contributed by atoms with van der Waals surface area (Å²) in [6.45, 7) is 11.9. The number of likely N-dealkylation sites (N-methyl/N-ethyl adjacent to an activating group) is 1. The van der Waals surface area contributed by atoms with Gasteiger partial charge in [0, 0.05) is 58.8 Å². The van der Waals surface area contributed by atoms with Crippen molar-refractivity contribution in [3.05, 3.63) is 0 Å². The first-order chi connectivity index (χ1) is 13.2. The van der Waals surface area contributed by atoms with Crippen LogP contribution in [0.2, 0.25) is 0 Å². The lowest BCUT2D eigenvalue weighted by Crippen LogP contribution is -2.48. The monoisotopic (exact) mass is 379 g/mol. The van der Waals surface area contributed by atoms with E-state index in [1.165, 1.54) is 0 Å². The lowest BCUT2D eigenvalue weighted by molar-refractivity contribution is -0.133. The molecule has 27 heavy (non-hydrogen) atoms. The minimum atomic E-state index is -0.0144. The van der Waals surface area contributed by atoms with Crippen molar-refractivity contribution in [1.29, 1.82) is 0 Å². The maximum absolute atomic E-state index is 12.6. The molecule has 3 rings (SSSR count). The second kappa shape index (κ2) is 10.4. The van der Waals surface area contributed by atoms with Crippen molar-refractivity contribution in [1.82, 2.24) is 25.3 Å². The van der Waals surface area contributed by atoms with Crippen molar-refractivity contribution in [2.45, 2.75) is 45.1 Å². The average Bonchev–Trinajstić information content (AvgIpc) is 3.26. The van der Waals surface area contributed by atoms with Gasteiger partial charge in [0.25, 0.3) is 0 Å². The summed E-state index contributed by atoms with van der Waals surface area (Å²) in [5.41, 5.74) is 0.